The second-order valence-corrected chi connectivity index (χ2v) is 3.58. The molecule has 0 amide bonds. The normalized spacial score (nSPS) is 10.9. The van der Waals surface area contributed by atoms with E-state index in [4.69, 9.17) is 5.73 Å². The van der Waals surface area contributed by atoms with Crippen LogP contribution in [0, 0.1) is 6.92 Å². The van der Waals surface area contributed by atoms with Crippen LogP contribution in [0.5, 0.6) is 0 Å². The van der Waals surface area contributed by atoms with Crippen LogP contribution in [0.4, 0.5) is 5.69 Å². The standard InChI is InChI=1S/C12H18N2/c1-10-6-7-11(5-4-8-13)9-12(10)14(2)3/h4-7,9H,8,13H2,1-3H3/b5-4+. The fraction of sp³-hybridized carbons (Fsp3) is 0.333. The highest BCUT2D eigenvalue weighted by Gasteiger charge is 1.99. The molecular weight excluding hydrogens is 172 g/mol. The molecule has 2 heteroatoms. The van der Waals surface area contributed by atoms with Crippen molar-refractivity contribution in [2.24, 2.45) is 5.73 Å². The lowest BCUT2D eigenvalue weighted by atomic mass is 10.1. The van der Waals surface area contributed by atoms with Crippen LogP contribution >= 0.6 is 0 Å². The van der Waals surface area contributed by atoms with Gasteiger partial charge in [-0.3, -0.25) is 0 Å². The minimum absolute atomic E-state index is 0.588. The van der Waals surface area contributed by atoms with E-state index in [-0.39, 0.29) is 0 Å². The highest BCUT2D eigenvalue weighted by Crippen LogP contribution is 2.19. The van der Waals surface area contributed by atoms with Gasteiger partial charge in [-0.25, -0.2) is 0 Å². The van der Waals surface area contributed by atoms with Crippen LogP contribution in [-0.2, 0) is 0 Å². The van der Waals surface area contributed by atoms with Gasteiger partial charge in [-0.1, -0.05) is 24.3 Å². The van der Waals surface area contributed by atoms with E-state index in [1.807, 2.05) is 12.2 Å². The van der Waals surface area contributed by atoms with Crippen molar-refractivity contribution in [3.05, 3.63) is 35.4 Å². The Kier molecular flexibility index (Phi) is 3.72. The van der Waals surface area contributed by atoms with Gasteiger partial charge in [0.15, 0.2) is 0 Å². The molecule has 0 bridgehead atoms. The van der Waals surface area contributed by atoms with E-state index in [0.717, 1.165) is 0 Å². The van der Waals surface area contributed by atoms with Crippen molar-refractivity contribution in [1.29, 1.82) is 0 Å². The van der Waals surface area contributed by atoms with E-state index in [9.17, 15) is 0 Å². The van der Waals surface area contributed by atoms with Gasteiger partial charge in [-0.2, -0.15) is 0 Å². The molecule has 0 radical (unpaired) electrons. The predicted octanol–water partition coefficient (Wildman–Crippen LogP) is 2.03. The van der Waals surface area contributed by atoms with Crippen LogP contribution in [0.25, 0.3) is 6.08 Å². The van der Waals surface area contributed by atoms with Crippen LogP contribution in [0.2, 0.25) is 0 Å². The van der Waals surface area contributed by atoms with Crippen LogP contribution in [0.3, 0.4) is 0 Å². The fourth-order valence-electron chi connectivity index (χ4n) is 1.42. The quantitative estimate of drug-likeness (QED) is 0.790. The highest BCUT2D eigenvalue weighted by molar-refractivity contribution is 5.61. The molecule has 0 heterocycles. The fourth-order valence-corrected chi connectivity index (χ4v) is 1.42. The summed E-state index contributed by atoms with van der Waals surface area (Å²) in [6.45, 7) is 2.71. The third kappa shape index (κ3) is 2.60. The molecular formula is C12H18N2. The molecule has 0 aliphatic rings. The third-order valence-electron chi connectivity index (χ3n) is 2.16. The minimum Gasteiger partial charge on any atom is -0.377 e. The molecule has 0 aromatic heterocycles. The van der Waals surface area contributed by atoms with Gasteiger partial charge in [0.1, 0.15) is 0 Å². The first-order valence-electron chi connectivity index (χ1n) is 4.79. The Bertz CT molecular complexity index is 327. The highest BCUT2D eigenvalue weighted by atomic mass is 15.1. The number of aryl methyl sites for hydroxylation is 1. The van der Waals surface area contributed by atoms with Crippen molar-refractivity contribution in [3.8, 4) is 0 Å². The van der Waals surface area contributed by atoms with Gasteiger partial charge >= 0.3 is 0 Å². The zero-order valence-corrected chi connectivity index (χ0v) is 9.12. The molecule has 0 fully saturated rings. The summed E-state index contributed by atoms with van der Waals surface area (Å²) >= 11 is 0. The Morgan fingerprint density at radius 2 is 2.07 bits per heavy atom. The van der Waals surface area contributed by atoms with Gasteiger partial charge in [0.05, 0.1) is 0 Å². The number of anilines is 1. The topological polar surface area (TPSA) is 29.3 Å². The molecule has 1 aromatic carbocycles. The molecule has 0 saturated heterocycles. The van der Waals surface area contributed by atoms with Crippen LogP contribution in [0.1, 0.15) is 11.1 Å². The number of hydrogen-bond donors (Lipinski definition) is 1. The van der Waals surface area contributed by atoms with Crippen molar-refractivity contribution in [3.63, 3.8) is 0 Å². The first-order valence-corrected chi connectivity index (χ1v) is 4.79. The van der Waals surface area contributed by atoms with Crippen molar-refractivity contribution in [2.45, 2.75) is 6.92 Å². The summed E-state index contributed by atoms with van der Waals surface area (Å²) in [5, 5.41) is 0. The summed E-state index contributed by atoms with van der Waals surface area (Å²) < 4.78 is 0. The SMILES string of the molecule is Cc1ccc(/C=C/CN)cc1N(C)C. The lowest BCUT2D eigenvalue weighted by molar-refractivity contribution is 1.11. The first-order chi connectivity index (χ1) is 6.65. The number of hydrogen-bond acceptors (Lipinski definition) is 2. The van der Waals surface area contributed by atoms with Crippen molar-refractivity contribution < 1.29 is 0 Å². The second-order valence-electron chi connectivity index (χ2n) is 3.58. The first kappa shape index (κ1) is 10.8. The summed E-state index contributed by atoms with van der Waals surface area (Å²) in [4.78, 5) is 2.12. The van der Waals surface area contributed by atoms with Crippen molar-refractivity contribution in [2.75, 3.05) is 25.5 Å². The number of benzene rings is 1. The van der Waals surface area contributed by atoms with E-state index in [1.165, 1.54) is 16.8 Å². The van der Waals surface area contributed by atoms with Gasteiger partial charge in [-0.15, -0.1) is 0 Å². The van der Waals surface area contributed by atoms with Crippen molar-refractivity contribution >= 4 is 11.8 Å². The van der Waals surface area contributed by atoms with Gasteiger partial charge < -0.3 is 10.6 Å². The van der Waals surface area contributed by atoms with E-state index >= 15 is 0 Å². The lowest BCUT2D eigenvalue weighted by Gasteiger charge is -2.16. The number of nitrogens with zero attached hydrogens (tertiary/aromatic N) is 1. The minimum atomic E-state index is 0.588. The summed E-state index contributed by atoms with van der Waals surface area (Å²) in [5.74, 6) is 0. The average molecular weight is 190 g/mol. The van der Waals surface area contributed by atoms with Gasteiger partial charge in [0, 0.05) is 26.3 Å². The molecule has 76 valence electrons. The molecule has 0 aliphatic carbocycles. The summed E-state index contributed by atoms with van der Waals surface area (Å²) in [7, 11) is 4.11. The number of rotatable bonds is 3. The summed E-state index contributed by atoms with van der Waals surface area (Å²) in [6, 6.07) is 6.40. The second kappa shape index (κ2) is 4.82. The molecule has 2 nitrogen and oxygen atoms in total. The largest absolute Gasteiger partial charge is 0.377 e. The van der Waals surface area contributed by atoms with Crippen molar-refractivity contribution in [1.82, 2.24) is 0 Å². The molecule has 0 atom stereocenters. The van der Waals surface area contributed by atoms with E-state index < -0.39 is 0 Å². The zero-order valence-electron chi connectivity index (χ0n) is 9.12. The summed E-state index contributed by atoms with van der Waals surface area (Å²) in [6.07, 6.45) is 4.01. The van der Waals surface area contributed by atoms with Gasteiger partial charge in [0.2, 0.25) is 0 Å². The zero-order chi connectivity index (χ0) is 10.6. The molecule has 0 unspecified atom stereocenters. The van der Waals surface area contributed by atoms with E-state index in [2.05, 4.69) is 44.1 Å². The predicted molar refractivity (Wildman–Crippen MR) is 63.6 cm³/mol. The van der Waals surface area contributed by atoms with Crippen LogP contribution < -0.4 is 10.6 Å². The Morgan fingerprint density at radius 1 is 1.36 bits per heavy atom. The Balaban J connectivity index is 3.00. The Labute approximate surface area is 86.0 Å². The molecule has 0 saturated carbocycles. The molecule has 0 aliphatic heterocycles. The van der Waals surface area contributed by atoms with E-state index in [1.54, 1.807) is 0 Å². The molecule has 2 N–H and O–H groups in total. The lowest BCUT2D eigenvalue weighted by Crippen LogP contribution is -2.10. The third-order valence-corrected chi connectivity index (χ3v) is 2.16. The Hall–Kier alpha value is -1.28. The Morgan fingerprint density at radius 3 is 2.64 bits per heavy atom. The molecule has 0 spiro atoms. The maximum Gasteiger partial charge on any atom is 0.0396 e. The smallest absolute Gasteiger partial charge is 0.0396 e. The van der Waals surface area contributed by atoms with Gasteiger partial charge in [-0.05, 0) is 24.1 Å². The van der Waals surface area contributed by atoms with Gasteiger partial charge in [0.25, 0.3) is 0 Å². The maximum atomic E-state index is 5.41. The monoisotopic (exact) mass is 190 g/mol. The molecule has 1 rings (SSSR count). The maximum absolute atomic E-state index is 5.41. The van der Waals surface area contributed by atoms with Crippen LogP contribution in [-0.4, -0.2) is 20.6 Å². The molecule has 1 aromatic rings. The van der Waals surface area contributed by atoms with Crippen LogP contribution in [0.15, 0.2) is 24.3 Å². The summed E-state index contributed by atoms with van der Waals surface area (Å²) in [5.41, 5.74) is 9.15. The average Bonchev–Trinajstić information content (AvgIpc) is 2.16. The number of nitrogens with two attached hydrogens (primary N) is 1. The van der Waals surface area contributed by atoms with E-state index in [0.29, 0.717) is 6.54 Å². The molecule has 14 heavy (non-hydrogen) atoms.